The third-order valence-corrected chi connectivity index (χ3v) is 3.32. The molecule has 0 amide bonds. The first-order valence-electron chi connectivity index (χ1n) is 6.74. The number of azo groups is 1. The summed E-state index contributed by atoms with van der Waals surface area (Å²) in [5.41, 5.74) is 0.674. The van der Waals surface area contributed by atoms with Crippen molar-refractivity contribution in [3.8, 4) is 11.5 Å². The summed E-state index contributed by atoms with van der Waals surface area (Å²) >= 11 is 0. The van der Waals surface area contributed by atoms with Crippen LogP contribution >= 0.6 is 0 Å². The molecule has 3 rings (SSSR count). The Kier molecular flexibility index (Phi) is 3.64. The first-order chi connectivity index (χ1) is 11.0. The topological polar surface area (TPSA) is 102 Å². The van der Waals surface area contributed by atoms with Gasteiger partial charge in [0.1, 0.15) is 17.1 Å². The van der Waals surface area contributed by atoms with E-state index in [9.17, 15) is 15.0 Å². The van der Waals surface area contributed by atoms with Crippen molar-refractivity contribution in [2.75, 3.05) is 0 Å². The van der Waals surface area contributed by atoms with Crippen molar-refractivity contribution in [3.63, 3.8) is 0 Å². The van der Waals surface area contributed by atoms with Crippen LogP contribution in [0.5, 0.6) is 11.5 Å². The highest BCUT2D eigenvalue weighted by Gasteiger charge is 2.10. The fourth-order valence-electron chi connectivity index (χ4n) is 2.21. The van der Waals surface area contributed by atoms with Gasteiger partial charge in [-0.05, 0) is 47.9 Å². The third-order valence-electron chi connectivity index (χ3n) is 3.32. The second-order valence-corrected chi connectivity index (χ2v) is 4.89. The molecule has 0 heterocycles. The number of carboxylic acids is 1. The Morgan fingerprint density at radius 1 is 0.913 bits per heavy atom. The lowest BCUT2D eigenvalue weighted by Gasteiger charge is -2.02. The van der Waals surface area contributed by atoms with Gasteiger partial charge in [0.05, 0.1) is 11.4 Å². The van der Waals surface area contributed by atoms with Crippen molar-refractivity contribution in [1.29, 1.82) is 0 Å². The van der Waals surface area contributed by atoms with Gasteiger partial charge in [-0.25, -0.2) is 4.79 Å². The van der Waals surface area contributed by atoms with Crippen LogP contribution in [0.4, 0.5) is 11.4 Å². The molecule has 3 N–H and O–H groups in total. The van der Waals surface area contributed by atoms with Crippen LogP contribution in [-0.2, 0) is 0 Å². The molecule has 0 radical (unpaired) electrons. The zero-order valence-corrected chi connectivity index (χ0v) is 11.8. The molecule has 0 aliphatic rings. The maximum absolute atomic E-state index is 11.0. The highest BCUT2D eigenvalue weighted by Crippen LogP contribution is 2.30. The number of rotatable bonds is 3. The number of carboxylic acid groups (broad SMARTS) is 1. The van der Waals surface area contributed by atoms with Crippen LogP contribution in [0.15, 0.2) is 64.8 Å². The lowest BCUT2D eigenvalue weighted by Crippen LogP contribution is -1.95. The molecule has 114 valence electrons. The van der Waals surface area contributed by atoms with Gasteiger partial charge in [0.25, 0.3) is 0 Å². The van der Waals surface area contributed by atoms with Crippen molar-refractivity contribution < 1.29 is 20.1 Å². The van der Waals surface area contributed by atoms with Crippen LogP contribution in [0.3, 0.4) is 0 Å². The molecular formula is C17H12N2O4. The number of phenolic OH excluding ortho intramolecular Hbond substituents is 1. The summed E-state index contributed by atoms with van der Waals surface area (Å²) in [4.78, 5) is 11.0. The molecule has 0 aromatic heterocycles. The molecule has 0 aliphatic heterocycles. The van der Waals surface area contributed by atoms with E-state index in [4.69, 9.17) is 5.11 Å². The molecule has 6 heteroatoms. The highest BCUT2D eigenvalue weighted by molar-refractivity contribution is 5.93. The Bertz CT molecular complexity index is 935. The summed E-state index contributed by atoms with van der Waals surface area (Å²) in [7, 11) is 0. The van der Waals surface area contributed by atoms with E-state index in [1.54, 1.807) is 30.3 Å². The number of nitrogens with zero attached hydrogens (tertiary/aromatic N) is 2. The number of hydrogen-bond donors (Lipinski definition) is 3. The largest absolute Gasteiger partial charge is 0.508 e. The van der Waals surface area contributed by atoms with Crippen molar-refractivity contribution in [2.45, 2.75) is 0 Å². The zero-order chi connectivity index (χ0) is 16.4. The molecule has 6 nitrogen and oxygen atoms in total. The van der Waals surface area contributed by atoms with E-state index in [0.29, 0.717) is 11.4 Å². The molecule has 0 atom stereocenters. The summed E-state index contributed by atoms with van der Waals surface area (Å²) in [5, 5.41) is 37.8. The van der Waals surface area contributed by atoms with Gasteiger partial charge in [0, 0.05) is 5.39 Å². The molecular weight excluding hydrogens is 296 g/mol. The number of fused-ring (bicyclic) bond motifs is 1. The molecule has 0 bridgehead atoms. The molecule has 3 aromatic rings. The smallest absolute Gasteiger partial charge is 0.339 e. The van der Waals surface area contributed by atoms with E-state index >= 15 is 0 Å². The van der Waals surface area contributed by atoms with Crippen molar-refractivity contribution in [2.24, 2.45) is 10.2 Å². The quantitative estimate of drug-likeness (QED) is 0.625. The number of carbonyl (C=O) groups is 1. The van der Waals surface area contributed by atoms with E-state index in [0.717, 1.165) is 10.8 Å². The second-order valence-electron chi connectivity index (χ2n) is 4.89. The summed E-state index contributed by atoms with van der Waals surface area (Å²) in [5.74, 6) is -1.39. The van der Waals surface area contributed by atoms with Gasteiger partial charge >= 0.3 is 5.97 Å². The standard InChI is InChI=1S/C17H12N2O4/c20-12-5-6-13-10(8-12)2-1-3-15(13)19-18-11-4-7-16(21)14(9-11)17(22)23/h1-9,20-21H,(H,22,23)/b19-18+. The van der Waals surface area contributed by atoms with Crippen LogP contribution in [0.25, 0.3) is 10.8 Å². The number of aromatic carboxylic acids is 1. The average Bonchev–Trinajstić information content (AvgIpc) is 2.53. The summed E-state index contributed by atoms with van der Waals surface area (Å²) in [6.45, 7) is 0. The monoisotopic (exact) mass is 308 g/mol. The van der Waals surface area contributed by atoms with Crippen LogP contribution in [-0.4, -0.2) is 21.3 Å². The lowest BCUT2D eigenvalue weighted by atomic mass is 10.1. The molecule has 3 aromatic carbocycles. The average molecular weight is 308 g/mol. The summed E-state index contributed by atoms with van der Waals surface area (Å²) in [6, 6.07) is 14.3. The fraction of sp³-hybridized carbons (Fsp3) is 0. The normalized spacial score (nSPS) is 11.1. The van der Waals surface area contributed by atoms with Gasteiger partial charge in [0.15, 0.2) is 0 Å². The summed E-state index contributed by atoms with van der Waals surface area (Å²) < 4.78 is 0. The van der Waals surface area contributed by atoms with Gasteiger partial charge in [-0.1, -0.05) is 12.1 Å². The minimum Gasteiger partial charge on any atom is -0.508 e. The SMILES string of the molecule is O=C(O)c1cc(/N=N/c2cccc3cc(O)ccc23)ccc1O. The highest BCUT2D eigenvalue weighted by atomic mass is 16.4. The van der Waals surface area contributed by atoms with Gasteiger partial charge in [-0.3, -0.25) is 0 Å². The molecule has 0 spiro atoms. The molecule has 0 fully saturated rings. The molecule has 23 heavy (non-hydrogen) atoms. The first-order valence-corrected chi connectivity index (χ1v) is 6.74. The van der Waals surface area contributed by atoms with Crippen LogP contribution < -0.4 is 0 Å². The summed E-state index contributed by atoms with van der Waals surface area (Å²) in [6.07, 6.45) is 0. The third kappa shape index (κ3) is 2.96. The van der Waals surface area contributed by atoms with E-state index < -0.39 is 5.97 Å². The predicted molar refractivity (Wildman–Crippen MR) is 84.9 cm³/mol. The minimum atomic E-state index is -1.24. The Balaban J connectivity index is 2.01. The molecule has 0 aliphatic carbocycles. The van der Waals surface area contributed by atoms with Gasteiger partial charge in [-0.15, -0.1) is 5.11 Å². The zero-order valence-electron chi connectivity index (χ0n) is 11.8. The Morgan fingerprint density at radius 3 is 2.52 bits per heavy atom. The van der Waals surface area contributed by atoms with E-state index in [1.165, 1.54) is 18.2 Å². The number of phenols is 2. The Labute approximate surface area is 131 Å². The van der Waals surface area contributed by atoms with E-state index in [-0.39, 0.29) is 17.1 Å². The maximum Gasteiger partial charge on any atom is 0.339 e. The minimum absolute atomic E-state index is 0.163. The van der Waals surface area contributed by atoms with E-state index in [1.807, 2.05) is 6.07 Å². The lowest BCUT2D eigenvalue weighted by molar-refractivity contribution is 0.0694. The number of hydrogen-bond acceptors (Lipinski definition) is 5. The fourth-order valence-corrected chi connectivity index (χ4v) is 2.21. The predicted octanol–water partition coefficient (Wildman–Crippen LogP) is 4.36. The van der Waals surface area contributed by atoms with Gasteiger partial charge < -0.3 is 15.3 Å². The van der Waals surface area contributed by atoms with Crippen LogP contribution in [0.2, 0.25) is 0 Å². The number of aromatic hydroxyl groups is 2. The van der Waals surface area contributed by atoms with Gasteiger partial charge in [-0.2, -0.15) is 5.11 Å². The van der Waals surface area contributed by atoms with Crippen molar-refractivity contribution in [3.05, 3.63) is 60.2 Å². The Morgan fingerprint density at radius 2 is 1.74 bits per heavy atom. The van der Waals surface area contributed by atoms with E-state index in [2.05, 4.69) is 10.2 Å². The molecule has 0 saturated heterocycles. The molecule has 0 saturated carbocycles. The second kappa shape index (κ2) is 5.76. The van der Waals surface area contributed by atoms with Crippen molar-refractivity contribution in [1.82, 2.24) is 0 Å². The Hall–Kier alpha value is -3.41. The first kappa shape index (κ1) is 14.5. The number of benzene rings is 3. The van der Waals surface area contributed by atoms with Gasteiger partial charge in [0.2, 0.25) is 0 Å². The molecule has 0 unspecified atom stereocenters. The van der Waals surface area contributed by atoms with Crippen LogP contribution in [0, 0.1) is 0 Å². The van der Waals surface area contributed by atoms with Crippen molar-refractivity contribution >= 4 is 28.1 Å². The van der Waals surface area contributed by atoms with Crippen LogP contribution in [0.1, 0.15) is 10.4 Å². The maximum atomic E-state index is 11.0.